The van der Waals surface area contributed by atoms with E-state index in [-0.39, 0.29) is 6.03 Å². The van der Waals surface area contributed by atoms with Crippen molar-refractivity contribution in [2.75, 3.05) is 11.9 Å². The van der Waals surface area contributed by atoms with Gasteiger partial charge in [0.15, 0.2) is 0 Å². The molecule has 2 amide bonds. The van der Waals surface area contributed by atoms with Crippen LogP contribution < -0.4 is 16.4 Å². The van der Waals surface area contributed by atoms with Gasteiger partial charge < -0.3 is 20.9 Å². The Bertz CT molecular complexity index is 580. The van der Waals surface area contributed by atoms with E-state index in [9.17, 15) is 4.79 Å². The van der Waals surface area contributed by atoms with Crippen LogP contribution in [-0.4, -0.2) is 27.3 Å². The van der Waals surface area contributed by atoms with Crippen LogP contribution in [0.4, 0.5) is 10.5 Å². The van der Waals surface area contributed by atoms with Gasteiger partial charge in [-0.25, -0.2) is 4.79 Å². The molecule has 2 aromatic rings. The minimum atomic E-state index is -0.249. The van der Waals surface area contributed by atoms with Crippen molar-refractivity contribution in [2.24, 2.45) is 12.8 Å². The predicted molar refractivity (Wildman–Crippen MR) is 76.1 cm³/mol. The second-order valence-electron chi connectivity index (χ2n) is 4.39. The molecule has 7 nitrogen and oxygen atoms in total. The van der Waals surface area contributed by atoms with Crippen molar-refractivity contribution in [3.05, 3.63) is 42.0 Å². The summed E-state index contributed by atoms with van der Waals surface area (Å²) in [5.74, 6) is 0.829. The third-order valence-corrected chi connectivity index (χ3v) is 2.86. The lowest BCUT2D eigenvalue weighted by Crippen LogP contribution is -2.30. The second-order valence-corrected chi connectivity index (χ2v) is 4.39. The summed E-state index contributed by atoms with van der Waals surface area (Å²) in [6, 6.07) is 7.19. The molecule has 106 valence electrons. The Morgan fingerprint density at radius 3 is 3.00 bits per heavy atom. The summed E-state index contributed by atoms with van der Waals surface area (Å²) >= 11 is 0. The van der Waals surface area contributed by atoms with Gasteiger partial charge in [-0.2, -0.15) is 0 Å². The first-order chi connectivity index (χ1) is 9.69. The molecule has 1 aromatic carbocycles. The highest BCUT2D eigenvalue weighted by atomic mass is 16.2. The summed E-state index contributed by atoms with van der Waals surface area (Å²) in [5, 5.41) is 13.3. The third kappa shape index (κ3) is 3.79. The number of nitrogens with zero attached hydrogens (tertiary/aromatic N) is 3. The fourth-order valence-electron chi connectivity index (χ4n) is 1.77. The van der Waals surface area contributed by atoms with Gasteiger partial charge in [0.2, 0.25) is 0 Å². The molecule has 1 aromatic heterocycles. The molecule has 0 atom stereocenters. The molecule has 4 N–H and O–H groups in total. The van der Waals surface area contributed by atoms with E-state index in [4.69, 9.17) is 5.73 Å². The van der Waals surface area contributed by atoms with Crippen LogP contribution >= 0.6 is 0 Å². The number of amides is 2. The van der Waals surface area contributed by atoms with Crippen molar-refractivity contribution in [1.29, 1.82) is 0 Å². The molecule has 0 radical (unpaired) electrons. The molecule has 7 heteroatoms. The summed E-state index contributed by atoms with van der Waals surface area (Å²) < 4.78 is 1.82. The first-order valence-corrected chi connectivity index (χ1v) is 6.36. The monoisotopic (exact) mass is 274 g/mol. The van der Waals surface area contributed by atoms with Crippen LogP contribution in [0, 0.1) is 0 Å². The van der Waals surface area contributed by atoms with E-state index >= 15 is 0 Å². The van der Waals surface area contributed by atoms with Gasteiger partial charge in [0, 0.05) is 32.2 Å². The van der Waals surface area contributed by atoms with Crippen molar-refractivity contribution in [2.45, 2.75) is 13.0 Å². The van der Waals surface area contributed by atoms with E-state index < -0.39 is 0 Å². The number of carbonyl (C=O) groups is 1. The number of anilines is 1. The number of nitrogens with one attached hydrogen (secondary N) is 2. The van der Waals surface area contributed by atoms with Gasteiger partial charge in [0.05, 0.1) is 0 Å². The van der Waals surface area contributed by atoms with Crippen LogP contribution in [0.15, 0.2) is 30.6 Å². The molecule has 1 heterocycles. The Hall–Kier alpha value is -2.41. The number of hydrogen-bond donors (Lipinski definition) is 3. The number of benzene rings is 1. The highest BCUT2D eigenvalue weighted by Gasteiger charge is 2.04. The zero-order valence-electron chi connectivity index (χ0n) is 11.3. The number of aryl methyl sites for hydroxylation is 1. The number of hydrogen-bond acceptors (Lipinski definition) is 4. The first-order valence-electron chi connectivity index (χ1n) is 6.36. The van der Waals surface area contributed by atoms with Crippen molar-refractivity contribution < 1.29 is 4.79 Å². The Morgan fingerprint density at radius 1 is 1.45 bits per heavy atom. The van der Waals surface area contributed by atoms with Crippen LogP contribution in [0.1, 0.15) is 11.4 Å². The molecule has 0 unspecified atom stereocenters. The lowest BCUT2D eigenvalue weighted by Gasteiger charge is -2.08. The fraction of sp³-hybridized carbons (Fsp3) is 0.308. The summed E-state index contributed by atoms with van der Waals surface area (Å²) in [5.41, 5.74) is 7.25. The molecule has 0 saturated carbocycles. The average molecular weight is 274 g/mol. The quantitative estimate of drug-likeness (QED) is 0.745. The summed E-state index contributed by atoms with van der Waals surface area (Å²) in [7, 11) is 1.87. The number of aromatic nitrogens is 3. The molecule has 0 aliphatic rings. The third-order valence-electron chi connectivity index (χ3n) is 2.86. The normalized spacial score (nSPS) is 10.3. The second kappa shape index (κ2) is 6.67. The molecule has 20 heavy (non-hydrogen) atoms. The predicted octanol–water partition coefficient (Wildman–Crippen LogP) is 0.638. The highest BCUT2D eigenvalue weighted by molar-refractivity contribution is 5.89. The number of urea groups is 1. The maximum absolute atomic E-state index is 11.7. The van der Waals surface area contributed by atoms with Gasteiger partial charge in [-0.05, 0) is 17.7 Å². The zero-order chi connectivity index (χ0) is 14.4. The SMILES string of the molecule is Cn1cnnc1CCNC(=O)Nc1cccc(CN)c1. The van der Waals surface area contributed by atoms with Crippen LogP contribution in [0.5, 0.6) is 0 Å². The topological polar surface area (TPSA) is 97.9 Å². The molecule has 0 bridgehead atoms. The van der Waals surface area contributed by atoms with E-state index in [2.05, 4.69) is 20.8 Å². The van der Waals surface area contributed by atoms with Gasteiger partial charge in [-0.1, -0.05) is 12.1 Å². The Kier molecular flexibility index (Phi) is 4.67. The van der Waals surface area contributed by atoms with E-state index in [1.807, 2.05) is 35.9 Å². The molecule has 0 spiro atoms. The van der Waals surface area contributed by atoms with Crippen molar-refractivity contribution in [3.8, 4) is 0 Å². The van der Waals surface area contributed by atoms with E-state index in [0.717, 1.165) is 17.1 Å². The standard InChI is InChI=1S/C13H18N6O/c1-19-9-16-18-12(19)5-6-15-13(20)17-11-4-2-3-10(7-11)8-14/h2-4,7,9H,5-6,8,14H2,1H3,(H2,15,17,20). The molecule has 0 saturated heterocycles. The number of nitrogens with two attached hydrogens (primary N) is 1. The average Bonchev–Trinajstić information content (AvgIpc) is 2.85. The van der Waals surface area contributed by atoms with Crippen LogP contribution in [0.25, 0.3) is 0 Å². The Labute approximate surface area is 117 Å². The van der Waals surface area contributed by atoms with Crippen LogP contribution in [-0.2, 0) is 20.0 Å². The maximum atomic E-state index is 11.7. The van der Waals surface area contributed by atoms with Crippen LogP contribution in [0.2, 0.25) is 0 Å². The van der Waals surface area contributed by atoms with Crippen LogP contribution in [0.3, 0.4) is 0 Å². The molecule has 2 rings (SSSR count). The fourth-order valence-corrected chi connectivity index (χ4v) is 1.77. The van der Waals surface area contributed by atoms with E-state index in [0.29, 0.717) is 19.5 Å². The smallest absolute Gasteiger partial charge is 0.319 e. The molecule has 0 aliphatic carbocycles. The van der Waals surface area contributed by atoms with E-state index in [1.165, 1.54) is 0 Å². The van der Waals surface area contributed by atoms with E-state index in [1.54, 1.807) is 6.33 Å². The minimum absolute atomic E-state index is 0.249. The summed E-state index contributed by atoms with van der Waals surface area (Å²) in [4.78, 5) is 11.7. The highest BCUT2D eigenvalue weighted by Crippen LogP contribution is 2.09. The van der Waals surface area contributed by atoms with Crippen molar-refractivity contribution in [1.82, 2.24) is 20.1 Å². The van der Waals surface area contributed by atoms with Gasteiger partial charge in [0.1, 0.15) is 12.2 Å². The first kappa shape index (κ1) is 14.0. The minimum Gasteiger partial charge on any atom is -0.337 e. The lowest BCUT2D eigenvalue weighted by atomic mass is 10.2. The van der Waals surface area contributed by atoms with Gasteiger partial charge in [-0.3, -0.25) is 0 Å². The number of carbonyl (C=O) groups excluding carboxylic acids is 1. The molecule has 0 aliphatic heterocycles. The zero-order valence-corrected chi connectivity index (χ0v) is 11.3. The Balaban J connectivity index is 1.79. The maximum Gasteiger partial charge on any atom is 0.319 e. The van der Waals surface area contributed by atoms with Crippen molar-refractivity contribution >= 4 is 11.7 Å². The van der Waals surface area contributed by atoms with Gasteiger partial charge >= 0.3 is 6.03 Å². The molecular weight excluding hydrogens is 256 g/mol. The Morgan fingerprint density at radius 2 is 2.30 bits per heavy atom. The van der Waals surface area contributed by atoms with Gasteiger partial charge in [0.25, 0.3) is 0 Å². The summed E-state index contributed by atoms with van der Waals surface area (Å²) in [6.45, 7) is 0.943. The largest absolute Gasteiger partial charge is 0.337 e. The summed E-state index contributed by atoms with van der Waals surface area (Å²) in [6.07, 6.45) is 2.26. The molecule has 0 fully saturated rings. The van der Waals surface area contributed by atoms with Gasteiger partial charge in [-0.15, -0.1) is 10.2 Å². The molecular formula is C13H18N6O. The lowest BCUT2D eigenvalue weighted by molar-refractivity contribution is 0.252. The number of rotatable bonds is 5. The van der Waals surface area contributed by atoms with Crippen molar-refractivity contribution in [3.63, 3.8) is 0 Å².